The van der Waals surface area contributed by atoms with Crippen LogP contribution in [0.1, 0.15) is 6.92 Å². The molecule has 0 aliphatic heterocycles. The minimum absolute atomic E-state index is 0.0203. The average Bonchev–Trinajstić information content (AvgIpc) is 2.19. The van der Waals surface area contributed by atoms with Gasteiger partial charge in [0.15, 0.2) is 0 Å². The maximum absolute atomic E-state index is 10.4. The summed E-state index contributed by atoms with van der Waals surface area (Å²) in [5.41, 5.74) is 0.0203. The number of nitro groups is 1. The minimum Gasteiger partial charge on any atom is -0.359 e. The first-order valence-corrected chi connectivity index (χ1v) is 3.98. The van der Waals surface area contributed by atoms with Crippen LogP contribution in [0.25, 0.3) is 0 Å². The van der Waals surface area contributed by atoms with E-state index in [0.29, 0.717) is 12.4 Å². The molecular weight excluding hydrogens is 182 g/mol. The van der Waals surface area contributed by atoms with E-state index in [2.05, 4.69) is 22.1 Å². The molecule has 0 bridgehead atoms. The van der Waals surface area contributed by atoms with Crippen molar-refractivity contribution in [3.05, 3.63) is 28.4 Å². The van der Waals surface area contributed by atoms with Crippen molar-refractivity contribution in [2.45, 2.75) is 6.92 Å². The van der Waals surface area contributed by atoms with E-state index in [1.165, 1.54) is 18.3 Å². The van der Waals surface area contributed by atoms with Crippen LogP contribution < -0.4 is 5.32 Å². The van der Waals surface area contributed by atoms with Gasteiger partial charge in [-0.05, 0) is 6.92 Å². The van der Waals surface area contributed by atoms with Crippen LogP contribution in [0, 0.1) is 22.0 Å². The molecule has 14 heavy (non-hydrogen) atoms. The third-order valence-electron chi connectivity index (χ3n) is 1.49. The first kappa shape index (κ1) is 9.99. The Morgan fingerprint density at radius 2 is 2.50 bits per heavy atom. The maximum Gasteiger partial charge on any atom is 0.274 e. The largest absolute Gasteiger partial charge is 0.359 e. The van der Waals surface area contributed by atoms with E-state index in [1.807, 2.05) is 0 Å². The molecule has 1 heterocycles. The lowest BCUT2D eigenvalue weighted by atomic mass is 10.4. The van der Waals surface area contributed by atoms with Gasteiger partial charge >= 0.3 is 0 Å². The molecular formula is C9H9N3O2. The van der Waals surface area contributed by atoms with Crippen LogP contribution in [0.5, 0.6) is 0 Å². The van der Waals surface area contributed by atoms with E-state index in [0.717, 1.165) is 0 Å². The summed E-state index contributed by atoms with van der Waals surface area (Å²) < 4.78 is 0. The van der Waals surface area contributed by atoms with Gasteiger partial charge in [0, 0.05) is 12.3 Å². The van der Waals surface area contributed by atoms with Gasteiger partial charge in [-0.1, -0.05) is 5.92 Å². The lowest BCUT2D eigenvalue weighted by molar-refractivity contribution is -0.384. The van der Waals surface area contributed by atoms with Crippen molar-refractivity contribution in [2.24, 2.45) is 0 Å². The van der Waals surface area contributed by atoms with Crippen LogP contribution in [0.15, 0.2) is 18.3 Å². The molecule has 0 radical (unpaired) electrons. The van der Waals surface area contributed by atoms with Crippen molar-refractivity contribution in [3.8, 4) is 11.8 Å². The number of rotatable bonds is 3. The number of hydrogen-bond donors (Lipinski definition) is 1. The van der Waals surface area contributed by atoms with Gasteiger partial charge < -0.3 is 5.32 Å². The van der Waals surface area contributed by atoms with E-state index in [1.54, 1.807) is 6.92 Å². The summed E-state index contributed by atoms with van der Waals surface area (Å²) in [7, 11) is 0. The second-order valence-corrected chi connectivity index (χ2v) is 2.44. The summed E-state index contributed by atoms with van der Waals surface area (Å²) in [4.78, 5) is 13.9. The molecule has 0 fully saturated rings. The Morgan fingerprint density at radius 1 is 1.71 bits per heavy atom. The number of aromatic nitrogens is 1. The minimum atomic E-state index is -0.460. The summed E-state index contributed by atoms with van der Waals surface area (Å²) >= 11 is 0. The molecule has 0 saturated carbocycles. The normalized spacial score (nSPS) is 8.64. The zero-order valence-electron chi connectivity index (χ0n) is 7.65. The highest BCUT2D eigenvalue weighted by atomic mass is 16.6. The van der Waals surface area contributed by atoms with E-state index < -0.39 is 4.92 Å². The van der Waals surface area contributed by atoms with E-state index in [-0.39, 0.29) is 5.69 Å². The van der Waals surface area contributed by atoms with Gasteiger partial charge in [-0.15, -0.1) is 5.92 Å². The maximum atomic E-state index is 10.4. The molecule has 0 spiro atoms. The Morgan fingerprint density at radius 3 is 3.14 bits per heavy atom. The summed E-state index contributed by atoms with van der Waals surface area (Å²) in [6.07, 6.45) is 1.39. The highest BCUT2D eigenvalue weighted by Crippen LogP contribution is 2.13. The summed E-state index contributed by atoms with van der Waals surface area (Å²) in [6, 6.07) is 2.72. The SMILES string of the molecule is CC#CCNc1cc([N+](=O)[O-])ccn1. The smallest absolute Gasteiger partial charge is 0.274 e. The van der Waals surface area contributed by atoms with Crippen molar-refractivity contribution >= 4 is 11.5 Å². The Bertz CT molecular complexity index is 393. The third kappa shape index (κ3) is 2.75. The van der Waals surface area contributed by atoms with Gasteiger partial charge in [0.05, 0.1) is 17.5 Å². The van der Waals surface area contributed by atoms with Gasteiger partial charge in [0.25, 0.3) is 5.69 Å². The molecule has 0 aliphatic carbocycles. The van der Waals surface area contributed by atoms with Crippen LogP contribution in [0.2, 0.25) is 0 Å². The molecule has 5 heteroatoms. The molecule has 0 aliphatic rings. The molecule has 72 valence electrons. The van der Waals surface area contributed by atoms with Gasteiger partial charge in [-0.3, -0.25) is 10.1 Å². The topological polar surface area (TPSA) is 68.1 Å². The van der Waals surface area contributed by atoms with Crippen molar-refractivity contribution in [1.82, 2.24) is 4.98 Å². The standard InChI is InChI=1S/C9H9N3O2/c1-2-3-5-10-9-7-8(12(13)14)4-6-11-9/h4,6-7H,5H2,1H3,(H,10,11). The fraction of sp³-hybridized carbons (Fsp3) is 0.222. The first-order chi connectivity index (χ1) is 6.74. The number of pyridine rings is 1. The van der Waals surface area contributed by atoms with Crippen LogP contribution in [0.3, 0.4) is 0 Å². The number of hydrogen-bond acceptors (Lipinski definition) is 4. The molecule has 0 saturated heterocycles. The Hall–Kier alpha value is -2.09. The molecule has 1 N–H and O–H groups in total. The summed E-state index contributed by atoms with van der Waals surface area (Å²) in [6.45, 7) is 2.16. The van der Waals surface area contributed by atoms with Crippen LogP contribution in [-0.4, -0.2) is 16.5 Å². The average molecular weight is 191 g/mol. The van der Waals surface area contributed by atoms with Crippen molar-refractivity contribution in [2.75, 3.05) is 11.9 Å². The number of nitrogens with zero attached hydrogens (tertiary/aromatic N) is 2. The van der Waals surface area contributed by atoms with Crippen LogP contribution in [-0.2, 0) is 0 Å². The molecule has 1 aromatic heterocycles. The fourth-order valence-electron chi connectivity index (χ4n) is 0.853. The molecule has 0 atom stereocenters. The van der Waals surface area contributed by atoms with Crippen molar-refractivity contribution < 1.29 is 4.92 Å². The van der Waals surface area contributed by atoms with Crippen molar-refractivity contribution in [3.63, 3.8) is 0 Å². The van der Waals surface area contributed by atoms with E-state index >= 15 is 0 Å². The molecule has 0 aromatic carbocycles. The molecule has 5 nitrogen and oxygen atoms in total. The predicted octanol–water partition coefficient (Wildman–Crippen LogP) is 1.42. The Labute approximate surface area is 81.3 Å². The first-order valence-electron chi connectivity index (χ1n) is 3.98. The monoisotopic (exact) mass is 191 g/mol. The highest BCUT2D eigenvalue weighted by Gasteiger charge is 2.05. The molecule has 0 amide bonds. The predicted molar refractivity (Wildman–Crippen MR) is 52.8 cm³/mol. The molecule has 1 rings (SSSR count). The van der Waals surface area contributed by atoms with E-state index in [9.17, 15) is 10.1 Å². The fourth-order valence-corrected chi connectivity index (χ4v) is 0.853. The zero-order chi connectivity index (χ0) is 10.4. The second kappa shape index (κ2) is 4.82. The van der Waals surface area contributed by atoms with Gasteiger partial charge in [0.1, 0.15) is 5.82 Å². The Kier molecular flexibility index (Phi) is 3.44. The zero-order valence-corrected chi connectivity index (χ0v) is 7.65. The Balaban J connectivity index is 2.71. The third-order valence-corrected chi connectivity index (χ3v) is 1.49. The summed E-state index contributed by atoms with van der Waals surface area (Å²) in [5.74, 6) is 5.94. The lowest BCUT2D eigenvalue weighted by Gasteiger charge is -1.99. The highest BCUT2D eigenvalue weighted by molar-refractivity contribution is 5.44. The van der Waals surface area contributed by atoms with Crippen LogP contribution in [0.4, 0.5) is 11.5 Å². The second-order valence-electron chi connectivity index (χ2n) is 2.44. The van der Waals surface area contributed by atoms with E-state index in [4.69, 9.17) is 0 Å². The lowest BCUT2D eigenvalue weighted by Crippen LogP contribution is -2.01. The molecule has 0 unspecified atom stereocenters. The molecule has 1 aromatic rings. The van der Waals surface area contributed by atoms with Gasteiger partial charge in [0.2, 0.25) is 0 Å². The van der Waals surface area contributed by atoms with Gasteiger partial charge in [-0.25, -0.2) is 4.98 Å². The van der Waals surface area contributed by atoms with Crippen molar-refractivity contribution in [1.29, 1.82) is 0 Å². The number of anilines is 1. The number of nitrogens with one attached hydrogen (secondary N) is 1. The summed E-state index contributed by atoms with van der Waals surface area (Å²) in [5, 5.41) is 13.3. The van der Waals surface area contributed by atoms with Crippen LogP contribution >= 0.6 is 0 Å². The quantitative estimate of drug-likeness (QED) is 0.445. The van der Waals surface area contributed by atoms with Gasteiger partial charge in [-0.2, -0.15) is 0 Å².